The fraction of sp³-hybridized carbons (Fsp3) is 0.533. The molecular formula is C15H20N2O3. The van der Waals surface area contributed by atoms with Gasteiger partial charge in [-0.25, -0.2) is 0 Å². The summed E-state index contributed by atoms with van der Waals surface area (Å²) in [5.74, 6) is -0.344. The molecule has 0 saturated heterocycles. The summed E-state index contributed by atoms with van der Waals surface area (Å²) in [6, 6.07) is 4.95. The van der Waals surface area contributed by atoms with Gasteiger partial charge in [-0.3, -0.25) is 14.9 Å². The lowest BCUT2D eigenvalue weighted by molar-refractivity contribution is -0.385. The first-order valence-corrected chi connectivity index (χ1v) is 6.85. The maximum absolute atomic E-state index is 12.3. The molecule has 5 nitrogen and oxygen atoms in total. The molecule has 1 unspecified atom stereocenters. The molecule has 1 N–H and O–H groups in total. The minimum absolute atomic E-state index is 0.0951. The molecule has 108 valence electrons. The summed E-state index contributed by atoms with van der Waals surface area (Å²) in [4.78, 5) is 22.9. The van der Waals surface area contributed by atoms with Crippen molar-refractivity contribution in [3.63, 3.8) is 0 Å². The fourth-order valence-electron chi connectivity index (χ4n) is 2.91. The van der Waals surface area contributed by atoms with E-state index in [2.05, 4.69) is 19.2 Å². The van der Waals surface area contributed by atoms with E-state index in [9.17, 15) is 14.9 Å². The molecular weight excluding hydrogens is 256 g/mol. The molecule has 1 fully saturated rings. The Bertz CT molecular complexity index is 552. The van der Waals surface area contributed by atoms with Crippen LogP contribution in [0.2, 0.25) is 0 Å². The second kappa shape index (κ2) is 5.23. The molecule has 1 aliphatic rings. The van der Waals surface area contributed by atoms with Gasteiger partial charge in [0.05, 0.1) is 4.92 Å². The minimum Gasteiger partial charge on any atom is -0.349 e. The monoisotopic (exact) mass is 276 g/mol. The van der Waals surface area contributed by atoms with E-state index in [1.54, 1.807) is 19.1 Å². The lowest BCUT2D eigenvalue weighted by atomic mass is 9.92. The zero-order valence-corrected chi connectivity index (χ0v) is 12.1. The second-order valence-corrected chi connectivity index (χ2v) is 6.31. The Hall–Kier alpha value is -1.91. The fourth-order valence-corrected chi connectivity index (χ4v) is 2.91. The molecule has 1 aromatic rings. The highest BCUT2D eigenvalue weighted by molar-refractivity contribution is 5.98. The smallest absolute Gasteiger partial charge is 0.285 e. The van der Waals surface area contributed by atoms with Gasteiger partial charge in [0.15, 0.2) is 0 Å². The quantitative estimate of drug-likeness (QED) is 0.680. The van der Waals surface area contributed by atoms with Crippen molar-refractivity contribution in [3.8, 4) is 0 Å². The first-order valence-electron chi connectivity index (χ1n) is 6.85. The van der Waals surface area contributed by atoms with E-state index in [1.807, 2.05) is 0 Å². The van der Waals surface area contributed by atoms with Crippen LogP contribution in [0, 0.1) is 22.5 Å². The summed E-state index contributed by atoms with van der Waals surface area (Å²) < 4.78 is 0. The van der Waals surface area contributed by atoms with Crippen LogP contribution in [-0.2, 0) is 0 Å². The van der Waals surface area contributed by atoms with Gasteiger partial charge in [-0.05, 0) is 37.7 Å². The van der Waals surface area contributed by atoms with E-state index in [0.717, 1.165) is 19.3 Å². The van der Waals surface area contributed by atoms with Crippen LogP contribution >= 0.6 is 0 Å². The molecule has 1 aliphatic carbocycles. The number of nitrogens with one attached hydrogen (secondary N) is 1. The number of para-hydroxylation sites is 1. The largest absolute Gasteiger partial charge is 0.349 e. The third-order valence-electron chi connectivity index (χ3n) is 3.97. The van der Waals surface area contributed by atoms with Gasteiger partial charge in [0.1, 0.15) is 5.56 Å². The van der Waals surface area contributed by atoms with Crippen LogP contribution < -0.4 is 5.32 Å². The number of nitro benzene ring substituents is 1. The number of benzene rings is 1. The van der Waals surface area contributed by atoms with Crippen LogP contribution in [0.3, 0.4) is 0 Å². The topological polar surface area (TPSA) is 72.2 Å². The predicted octanol–water partition coefficient (Wildman–Crippen LogP) is 3.21. The molecule has 2 rings (SSSR count). The number of nitro groups is 1. The number of amides is 1. The molecule has 0 spiro atoms. The van der Waals surface area contributed by atoms with E-state index in [0.29, 0.717) is 5.56 Å². The molecule has 1 aromatic carbocycles. The van der Waals surface area contributed by atoms with Crippen LogP contribution in [0.1, 0.15) is 49.0 Å². The first-order chi connectivity index (χ1) is 9.30. The van der Waals surface area contributed by atoms with Crippen molar-refractivity contribution in [3.05, 3.63) is 39.4 Å². The zero-order chi connectivity index (χ0) is 14.9. The number of nitrogens with zero attached hydrogens (tertiary/aromatic N) is 1. The summed E-state index contributed by atoms with van der Waals surface area (Å²) in [6.07, 6.45) is 2.91. The molecule has 0 bridgehead atoms. The second-order valence-electron chi connectivity index (χ2n) is 6.31. The maximum Gasteiger partial charge on any atom is 0.285 e. The Labute approximate surface area is 118 Å². The van der Waals surface area contributed by atoms with Crippen molar-refractivity contribution < 1.29 is 9.72 Å². The molecule has 20 heavy (non-hydrogen) atoms. The highest BCUT2D eigenvalue weighted by atomic mass is 16.6. The average Bonchev–Trinajstić information content (AvgIpc) is 2.67. The number of rotatable bonds is 3. The summed E-state index contributed by atoms with van der Waals surface area (Å²) in [5, 5.41) is 14.0. The van der Waals surface area contributed by atoms with Gasteiger partial charge in [0, 0.05) is 11.6 Å². The summed E-state index contributed by atoms with van der Waals surface area (Å²) >= 11 is 0. The van der Waals surface area contributed by atoms with E-state index >= 15 is 0 Å². The van der Waals surface area contributed by atoms with Gasteiger partial charge in [0.2, 0.25) is 0 Å². The lowest BCUT2D eigenvalue weighted by Gasteiger charge is -2.18. The van der Waals surface area contributed by atoms with Gasteiger partial charge in [-0.1, -0.05) is 26.0 Å². The number of hydrogen-bond acceptors (Lipinski definition) is 3. The number of carbonyl (C=O) groups is 1. The number of hydrogen-bond donors (Lipinski definition) is 1. The standard InChI is InChI=1S/C15H20N2O3/c1-10-5-4-6-12(13(10)17(19)20)14(18)16-11-7-8-15(2,3)9-11/h4-6,11H,7-9H2,1-3H3,(H,16,18). The van der Waals surface area contributed by atoms with Gasteiger partial charge >= 0.3 is 0 Å². The summed E-state index contributed by atoms with van der Waals surface area (Å²) in [6.45, 7) is 6.00. The Morgan fingerprint density at radius 3 is 2.70 bits per heavy atom. The molecule has 1 amide bonds. The van der Waals surface area contributed by atoms with E-state index in [-0.39, 0.29) is 28.6 Å². The van der Waals surface area contributed by atoms with Crippen LogP contribution in [-0.4, -0.2) is 16.9 Å². The zero-order valence-electron chi connectivity index (χ0n) is 12.1. The Kier molecular flexibility index (Phi) is 3.79. The van der Waals surface area contributed by atoms with Crippen LogP contribution in [0.25, 0.3) is 0 Å². The average molecular weight is 276 g/mol. The molecule has 0 aromatic heterocycles. The summed E-state index contributed by atoms with van der Waals surface area (Å²) in [7, 11) is 0. The number of carbonyl (C=O) groups excluding carboxylic acids is 1. The van der Waals surface area contributed by atoms with Crippen molar-refractivity contribution in [1.29, 1.82) is 0 Å². The SMILES string of the molecule is Cc1cccc(C(=O)NC2CCC(C)(C)C2)c1[N+](=O)[O-]. The third kappa shape index (κ3) is 2.98. The van der Waals surface area contributed by atoms with E-state index in [4.69, 9.17) is 0 Å². The Morgan fingerprint density at radius 2 is 2.15 bits per heavy atom. The van der Waals surface area contributed by atoms with Crippen molar-refractivity contribution in [2.24, 2.45) is 5.41 Å². The van der Waals surface area contributed by atoms with Crippen LogP contribution in [0.5, 0.6) is 0 Å². The highest BCUT2D eigenvalue weighted by Crippen LogP contribution is 2.37. The molecule has 0 radical (unpaired) electrons. The third-order valence-corrected chi connectivity index (χ3v) is 3.97. The number of aryl methyl sites for hydroxylation is 1. The highest BCUT2D eigenvalue weighted by Gasteiger charge is 2.33. The van der Waals surface area contributed by atoms with Crippen LogP contribution in [0.4, 0.5) is 5.69 Å². The van der Waals surface area contributed by atoms with Gasteiger partial charge in [-0.2, -0.15) is 0 Å². The minimum atomic E-state index is -0.483. The van der Waals surface area contributed by atoms with Gasteiger partial charge in [-0.15, -0.1) is 0 Å². The van der Waals surface area contributed by atoms with E-state index < -0.39 is 4.92 Å². The Morgan fingerprint density at radius 1 is 1.45 bits per heavy atom. The van der Waals surface area contributed by atoms with Gasteiger partial charge in [0.25, 0.3) is 11.6 Å². The van der Waals surface area contributed by atoms with E-state index in [1.165, 1.54) is 6.07 Å². The van der Waals surface area contributed by atoms with Crippen molar-refractivity contribution >= 4 is 11.6 Å². The van der Waals surface area contributed by atoms with Crippen molar-refractivity contribution in [2.45, 2.75) is 46.1 Å². The predicted molar refractivity (Wildman–Crippen MR) is 76.7 cm³/mol. The molecule has 1 atom stereocenters. The normalized spacial score (nSPS) is 20.6. The van der Waals surface area contributed by atoms with Crippen molar-refractivity contribution in [1.82, 2.24) is 5.32 Å². The molecule has 0 aliphatic heterocycles. The van der Waals surface area contributed by atoms with Crippen LogP contribution in [0.15, 0.2) is 18.2 Å². The van der Waals surface area contributed by atoms with Crippen molar-refractivity contribution in [2.75, 3.05) is 0 Å². The lowest BCUT2D eigenvalue weighted by Crippen LogP contribution is -2.34. The molecule has 1 saturated carbocycles. The molecule has 0 heterocycles. The maximum atomic E-state index is 12.3. The first kappa shape index (κ1) is 14.5. The van der Waals surface area contributed by atoms with Gasteiger partial charge < -0.3 is 5.32 Å². The molecule has 5 heteroatoms. The summed E-state index contributed by atoms with van der Waals surface area (Å²) in [5.41, 5.74) is 0.799. The Balaban J connectivity index is 2.18.